The van der Waals surface area contributed by atoms with Crippen LogP contribution in [0.15, 0.2) is 29.7 Å². The molecular formula is C16H22N2O2S. The van der Waals surface area contributed by atoms with Gasteiger partial charge in [-0.3, -0.25) is 4.79 Å². The maximum Gasteiger partial charge on any atom is 0.229 e. The zero-order valence-corrected chi connectivity index (χ0v) is 12.9. The van der Waals surface area contributed by atoms with Crippen LogP contribution in [-0.4, -0.2) is 36.1 Å². The Labute approximate surface area is 129 Å². The number of amides is 1. The van der Waals surface area contributed by atoms with Gasteiger partial charge >= 0.3 is 0 Å². The Morgan fingerprint density at radius 1 is 1.48 bits per heavy atom. The normalized spacial score (nSPS) is 28.1. The van der Waals surface area contributed by atoms with E-state index in [1.807, 2.05) is 23.1 Å². The van der Waals surface area contributed by atoms with Crippen molar-refractivity contribution in [3.63, 3.8) is 0 Å². The van der Waals surface area contributed by atoms with Crippen molar-refractivity contribution in [1.29, 1.82) is 0 Å². The van der Waals surface area contributed by atoms with E-state index in [1.54, 1.807) is 11.3 Å². The van der Waals surface area contributed by atoms with Crippen LogP contribution < -0.4 is 5.73 Å². The van der Waals surface area contributed by atoms with E-state index in [9.17, 15) is 4.79 Å². The summed E-state index contributed by atoms with van der Waals surface area (Å²) in [4.78, 5) is 15.9. The van der Waals surface area contributed by atoms with Crippen LogP contribution in [0.3, 0.4) is 0 Å². The summed E-state index contributed by atoms with van der Waals surface area (Å²) in [6.07, 6.45) is 6.97. The van der Waals surface area contributed by atoms with E-state index in [-0.39, 0.29) is 24.0 Å². The predicted octanol–water partition coefficient (Wildman–Crippen LogP) is 2.16. The molecule has 3 rings (SSSR count). The van der Waals surface area contributed by atoms with Crippen LogP contribution in [-0.2, 0) is 16.1 Å². The van der Waals surface area contributed by atoms with Gasteiger partial charge in [0.2, 0.25) is 5.91 Å². The van der Waals surface area contributed by atoms with Crippen LogP contribution in [0.5, 0.6) is 0 Å². The standard InChI is InChI=1S/C16H22N2O2S/c17-13-6-5-12(9-13)16(19)18(10-14-3-1-7-20-14)11-15-4-2-8-21-15/h2,4-6,8,12-14H,1,3,7,9-11,17H2. The first-order valence-electron chi connectivity index (χ1n) is 7.59. The minimum atomic E-state index is -0.0682. The molecule has 1 fully saturated rings. The Hall–Kier alpha value is -1.17. The van der Waals surface area contributed by atoms with Gasteiger partial charge in [0.25, 0.3) is 0 Å². The summed E-state index contributed by atoms with van der Waals surface area (Å²) < 4.78 is 5.70. The summed E-state index contributed by atoms with van der Waals surface area (Å²) in [7, 11) is 0. The summed E-state index contributed by atoms with van der Waals surface area (Å²) in [6.45, 7) is 2.19. The molecule has 1 saturated heterocycles. The molecule has 2 aliphatic rings. The Balaban J connectivity index is 1.68. The van der Waals surface area contributed by atoms with Crippen LogP contribution in [0, 0.1) is 5.92 Å². The zero-order valence-electron chi connectivity index (χ0n) is 12.1. The van der Waals surface area contributed by atoms with Crippen LogP contribution in [0.1, 0.15) is 24.1 Å². The molecule has 1 aromatic rings. The third-order valence-corrected chi connectivity index (χ3v) is 4.98. The molecule has 4 nitrogen and oxygen atoms in total. The molecule has 0 radical (unpaired) electrons. The van der Waals surface area contributed by atoms with Gasteiger partial charge in [-0.25, -0.2) is 0 Å². The highest BCUT2D eigenvalue weighted by Gasteiger charge is 2.29. The lowest BCUT2D eigenvalue weighted by atomic mass is 10.1. The molecule has 1 aliphatic carbocycles. The molecule has 114 valence electrons. The lowest BCUT2D eigenvalue weighted by Gasteiger charge is -2.27. The number of hydrogen-bond donors (Lipinski definition) is 1. The highest BCUT2D eigenvalue weighted by molar-refractivity contribution is 7.09. The second kappa shape index (κ2) is 6.73. The molecular weight excluding hydrogens is 284 g/mol. The largest absolute Gasteiger partial charge is 0.376 e. The molecule has 2 N–H and O–H groups in total. The minimum absolute atomic E-state index is 0.0188. The van der Waals surface area contributed by atoms with Crippen LogP contribution in [0.4, 0.5) is 0 Å². The fraction of sp³-hybridized carbons (Fsp3) is 0.562. The van der Waals surface area contributed by atoms with Crippen LogP contribution in [0.2, 0.25) is 0 Å². The number of carbonyl (C=O) groups is 1. The van der Waals surface area contributed by atoms with Crippen molar-refractivity contribution in [3.05, 3.63) is 34.5 Å². The van der Waals surface area contributed by atoms with Crippen molar-refractivity contribution in [2.75, 3.05) is 13.2 Å². The fourth-order valence-electron chi connectivity index (χ4n) is 3.00. The molecule has 21 heavy (non-hydrogen) atoms. The third kappa shape index (κ3) is 3.73. The maximum atomic E-state index is 12.8. The summed E-state index contributed by atoms with van der Waals surface area (Å²) in [5.41, 5.74) is 5.88. The number of nitrogens with zero attached hydrogens (tertiary/aromatic N) is 1. The van der Waals surface area contributed by atoms with Gasteiger partial charge in [0.15, 0.2) is 0 Å². The van der Waals surface area contributed by atoms with E-state index in [4.69, 9.17) is 10.5 Å². The second-order valence-electron chi connectivity index (χ2n) is 5.82. The Morgan fingerprint density at radius 3 is 3.00 bits per heavy atom. The van der Waals surface area contributed by atoms with Gasteiger partial charge in [0, 0.05) is 24.1 Å². The summed E-state index contributed by atoms with van der Waals surface area (Å²) in [5, 5.41) is 2.05. The average Bonchev–Trinajstić information content (AvgIpc) is 3.19. The first-order valence-corrected chi connectivity index (χ1v) is 8.47. The van der Waals surface area contributed by atoms with Gasteiger partial charge < -0.3 is 15.4 Å². The molecule has 0 spiro atoms. The SMILES string of the molecule is NC1C=CC(C(=O)N(Cc2cccs2)CC2CCCO2)C1. The second-order valence-corrected chi connectivity index (χ2v) is 6.86. The minimum Gasteiger partial charge on any atom is -0.376 e. The molecule has 5 heteroatoms. The smallest absolute Gasteiger partial charge is 0.229 e. The predicted molar refractivity (Wildman–Crippen MR) is 83.9 cm³/mol. The van der Waals surface area contributed by atoms with E-state index in [0.717, 1.165) is 25.9 Å². The van der Waals surface area contributed by atoms with Crippen molar-refractivity contribution in [3.8, 4) is 0 Å². The van der Waals surface area contributed by atoms with E-state index < -0.39 is 0 Å². The fourth-order valence-corrected chi connectivity index (χ4v) is 3.72. The summed E-state index contributed by atoms with van der Waals surface area (Å²) in [5.74, 6) is 0.115. The molecule has 0 bridgehead atoms. The van der Waals surface area contributed by atoms with E-state index in [2.05, 4.69) is 11.4 Å². The number of rotatable bonds is 5. The van der Waals surface area contributed by atoms with Gasteiger partial charge in [-0.05, 0) is 30.7 Å². The van der Waals surface area contributed by atoms with Crippen molar-refractivity contribution >= 4 is 17.2 Å². The van der Waals surface area contributed by atoms with E-state index in [0.29, 0.717) is 13.1 Å². The van der Waals surface area contributed by atoms with Gasteiger partial charge in [-0.2, -0.15) is 0 Å². The van der Waals surface area contributed by atoms with Gasteiger partial charge in [0.05, 0.1) is 18.6 Å². The highest BCUT2D eigenvalue weighted by atomic mass is 32.1. The molecule has 2 heterocycles. The number of hydrogen-bond acceptors (Lipinski definition) is 4. The average molecular weight is 306 g/mol. The van der Waals surface area contributed by atoms with Crippen LogP contribution >= 0.6 is 11.3 Å². The van der Waals surface area contributed by atoms with Gasteiger partial charge in [-0.15, -0.1) is 11.3 Å². The molecule has 3 atom stereocenters. The van der Waals surface area contributed by atoms with E-state index in [1.165, 1.54) is 4.88 Å². The van der Waals surface area contributed by atoms with Crippen LogP contribution in [0.25, 0.3) is 0 Å². The first-order chi connectivity index (χ1) is 10.2. The van der Waals surface area contributed by atoms with Gasteiger partial charge in [0.1, 0.15) is 0 Å². The highest BCUT2D eigenvalue weighted by Crippen LogP contribution is 2.23. The topological polar surface area (TPSA) is 55.6 Å². The Morgan fingerprint density at radius 2 is 2.38 bits per heavy atom. The molecule has 3 unspecified atom stereocenters. The Kier molecular flexibility index (Phi) is 4.73. The summed E-state index contributed by atoms with van der Waals surface area (Å²) in [6, 6.07) is 4.13. The summed E-state index contributed by atoms with van der Waals surface area (Å²) >= 11 is 1.69. The Bertz CT molecular complexity index is 494. The lowest BCUT2D eigenvalue weighted by Crippen LogP contribution is -2.40. The lowest BCUT2D eigenvalue weighted by molar-refractivity contribution is -0.136. The van der Waals surface area contributed by atoms with Crippen molar-refractivity contribution in [2.24, 2.45) is 11.7 Å². The number of thiophene rings is 1. The van der Waals surface area contributed by atoms with Crippen molar-refractivity contribution in [1.82, 2.24) is 4.90 Å². The maximum absolute atomic E-state index is 12.8. The number of ether oxygens (including phenoxy) is 1. The molecule has 0 aromatic carbocycles. The molecule has 1 aromatic heterocycles. The third-order valence-electron chi connectivity index (χ3n) is 4.12. The number of nitrogens with two attached hydrogens (primary N) is 1. The zero-order chi connectivity index (χ0) is 14.7. The van der Waals surface area contributed by atoms with Crippen molar-refractivity contribution < 1.29 is 9.53 Å². The quantitative estimate of drug-likeness (QED) is 0.848. The van der Waals surface area contributed by atoms with Crippen molar-refractivity contribution in [2.45, 2.75) is 38.0 Å². The first kappa shape index (κ1) is 14.8. The van der Waals surface area contributed by atoms with E-state index >= 15 is 0 Å². The molecule has 0 saturated carbocycles. The van der Waals surface area contributed by atoms with Gasteiger partial charge in [-0.1, -0.05) is 18.2 Å². The monoisotopic (exact) mass is 306 g/mol. The number of carbonyl (C=O) groups excluding carboxylic acids is 1. The molecule has 1 aliphatic heterocycles. The molecule has 1 amide bonds.